The number of nitrogens with zero attached hydrogens (tertiary/aromatic N) is 3. The molecule has 0 aliphatic rings. The van der Waals surface area contributed by atoms with Gasteiger partial charge in [-0.3, -0.25) is 4.79 Å². The van der Waals surface area contributed by atoms with Crippen molar-refractivity contribution in [3.63, 3.8) is 0 Å². The van der Waals surface area contributed by atoms with Gasteiger partial charge in [0.15, 0.2) is 0 Å². The minimum absolute atomic E-state index is 0.150. The summed E-state index contributed by atoms with van der Waals surface area (Å²) in [5.74, 6) is -0.150. The molecule has 1 aromatic rings. The van der Waals surface area contributed by atoms with E-state index in [9.17, 15) is 4.79 Å². The topological polar surface area (TPSA) is 72.1 Å². The molecule has 7 heteroatoms. The first-order valence-electron chi connectivity index (χ1n) is 4.30. The zero-order valence-electron chi connectivity index (χ0n) is 8.72. The fourth-order valence-corrected chi connectivity index (χ4v) is 1.75. The summed E-state index contributed by atoms with van der Waals surface area (Å²) in [4.78, 5) is 14.2. The molecule has 0 aliphatic carbocycles. The first-order valence-corrected chi connectivity index (χ1v) is 5.48. The number of amides is 1. The number of aryl methyl sites for hydroxylation is 1. The van der Waals surface area contributed by atoms with Gasteiger partial charge in [-0.2, -0.15) is 0 Å². The molecule has 0 aromatic carbocycles. The molecule has 1 rings (SSSR count). The van der Waals surface area contributed by atoms with Gasteiger partial charge >= 0.3 is 0 Å². The van der Waals surface area contributed by atoms with Gasteiger partial charge < -0.3 is 10.6 Å². The molecule has 1 unspecified atom stereocenters. The Labute approximate surface area is 97.4 Å². The molecular formula is C8H12N4OS2. The van der Waals surface area contributed by atoms with E-state index in [1.807, 2.05) is 0 Å². The lowest BCUT2D eigenvalue weighted by atomic mass is 10.2. The SMILES string of the molecule is Cc1nnsc1C(=O)N(C)C(C)C(N)=S. The van der Waals surface area contributed by atoms with Gasteiger partial charge in [0.1, 0.15) is 4.88 Å². The zero-order chi connectivity index (χ0) is 11.6. The second kappa shape index (κ2) is 4.63. The number of thiocarbonyl (C=S) groups is 1. The van der Waals surface area contributed by atoms with Crippen LogP contribution < -0.4 is 5.73 Å². The van der Waals surface area contributed by atoms with Crippen molar-refractivity contribution in [3.8, 4) is 0 Å². The van der Waals surface area contributed by atoms with E-state index in [1.165, 1.54) is 4.90 Å². The molecule has 1 amide bonds. The summed E-state index contributed by atoms with van der Waals surface area (Å²) in [5, 5.41) is 3.78. The standard InChI is InChI=1S/C8H12N4OS2/c1-4-6(15-11-10-4)8(13)12(3)5(2)7(9)14/h5H,1-3H3,(H2,9,14). The Hall–Kier alpha value is -1.08. The van der Waals surface area contributed by atoms with Crippen molar-refractivity contribution >= 4 is 34.6 Å². The predicted octanol–water partition coefficient (Wildman–Crippen LogP) is 0.593. The first-order chi connectivity index (χ1) is 6.95. The Morgan fingerprint density at radius 3 is 2.67 bits per heavy atom. The molecule has 0 saturated carbocycles. The predicted molar refractivity (Wildman–Crippen MR) is 63.0 cm³/mol. The van der Waals surface area contributed by atoms with Crippen molar-refractivity contribution in [2.75, 3.05) is 7.05 Å². The van der Waals surface area contributed by atoms with Crippen LogP contribution in [-0.4, -0.2) is 38.5 Å². The number of aromatic nitrogens is 2. The molecule has 0 aliphatic heterocycles. The maximum absolute atomic E-state index is 11.9. The van der Waals surface area contributed by atoms with Gasteiger partial charge in [0, 0.05) is 7.05 Å². The largest absolute Gasteiger partial charge is 0.392 e. The van der Waals surface area contributed by atoms with Crippen LogP contribution in [0.1, 0.15) is 22.3 Å². The number of carbonyl (C=O) groups excluding carboxylic acids is 1. The Morgan fingerprint density at radius 1 is 1.67 bits per heavy atom. The summed E-state index contributed by atoms with van der Waals surface area (Å²) in [7, 11) is 1.66. The van der Waals surface area contributed by atoms with E-state index in [1.54, 1.807) is 20.9 Å². The molecule has 1 heterocycles. The van der Waals surface area contributed by atoms with Crippen LogP contribution >= 0.6 is 23.8 Å². The molecule has 82 valence electrons. The maximum Gasteiger partial charge on any atom is 0.267 e. The Morgan fingerprint density at radius 2 is 2.27 bits per heavy atom. The molecule has 0 bridgehead atoms. The van der Waals surface area contributed by atoms with Crippen molar-refractivity contribution < 1.29 is 4.79 Å². The van der Waals surface area contributed by atoms with Crippen LogP contribution in [0.4, 0.5) is 0 Å². The average molecular weight is 244 g/mol. The van der Waals surface area contributed by atoms with E-state index in [4.69, 9.17) is 18.0 Å². The highest BCUT2D eigenvalue weighted by Crippen LogP contribution is 2.13. The molecule has 0 fully saturated rings. The van der Waals surface area contributed by atoms with Gasteiger partial charge in [-0.05, 0) is 25.4 Å². The van der Waals surface area contributed by atoms with E-state index in [2.05, 4.69) is 9.59 Å². The normalized spacial score (nSPS) is 12.2. The summed E-state index contributed by atoms with van der Waals surface area (Å²) < 4.78 is 3.71. The average Bonchev–Trinajstić information content (AvgIpc) is 2.60. The summed E-state index contributed by atoms with van der Waals surface area (Å²) in [6.07, 6.45) is 0. The van der Waals surface area contributed by atoms with Crippen LogP contribution in [0.5, 0.6) is 0 Å². The van der Waals surface area contributed by atoms with Crippen LogP contribution in [0, 0.1) is 6.92 Å². The lowest BCUT2D eigenvalue weighted by molar-refractivity contribution is 0.0783. The molecule has 15 heavy (non-hydrogen) atoms. The van der Waals surface area contributed by atoms with E-state index < -0.39 is 0 Å². The molecule has 1 aromatic heterocycles. The van der Waals surface area contributed by atoms with E-state index >= 15 is 0 Å². The number of hydrogen-bond donors (Lipinski definition) is 1. The van der Waals surface area contributed by atoms with Gasteiger partial charge in [-0.25, -0.2) is 0 Å². The summed E-state index contributed by atoms with van der Waals surface area (Å²) in [6, 6.07) is -0.269. The molecular weight excluding hydrogens is 232 g/mol. The van der Waals surface area contributed by atoms with E-state index in [0.717, 1.165) is 11.5 Å². The number of likely N-dealkylation sites (N-methyl/N-ethyl adjacent to an activating group) is 1. The molecule has 2 N–H and O–H groups in total. The van der Waals surface area contributed by atoms with Crippen molar-refractivity contribution in [3.05, 3.63) is 10.6 Å². The number of hydrogen-bond acceptors (Lipinski definition) is 5. The monoisotopic (exact) mass is 244 g/mol. The van der Waals surface area contributed by atoms with Crippen LogP contribution in [0.15, 0.2) is 0 Å². The third-order valence-electron chi connectivity index (χ3n) is 2.16. The van der Waals surface area contributed by atoms with Gasteiger partial charge in [0.05, 0.1) is 16.7 Å². The van der Waals surface area contributed by atoms with Gasteiger partial charge in [-0.1, -0.05) is 16.7 Å². The third-order valence-corrected chi connectivity index (χ3v) is 3.32. The third kappa shape index (κ3) is 2.48. The minimum atomic E-state index is -0.269. The summed E-state index contributed by atoms with van der Waals surface area (Å²) in [6.45, 7) is 3.53. The number of nitrogens with two attached hydrogens (primary N) is 1. The quantitative estimate of drug-likeness (QED) is 0.788. The molecule has 0 saturated heterocycles. The van der Waals surface area contributed by atoms with Gasteiger partial charge in [0.2, 0.25) is 0 Å². The molecule has 1 atom stereocenters. The fraction of sp³-hybridized carbons (Fsp3) is 0.500. The lowest BCUT2D eigenvalue weighted by Crippen LogP contribution is -2.42. The van der Waals surface area contributed by atoms with E-state index in [0.29, 0.717) is 15.6 Å². The van der Waals surface area contributed by atoms with Crippen molar-refractivity contribution in [2.45, 2.75) is 19.9 Å². The van der Waals surface area contributed by atoms with Gasteiger partial charge in [-0.15, -0.1) is 5.10 Å². The number of rotatable bonds is 3. The molecule has 0 spiro atoms. The Balaban J connectivity index is 2.86. The highest BCUT2D eigenvalue weighted by Gasteiger charge is 2.22. The highest BCUT2D eigenvalue weighted by atomic mass is 32.1. The lowest BCUT2D eigenvalue weighted by Gasteiger charge is -2.23. The van der Waals surface area contributed by atoms with Crippen LogP contribution in [0.2, 0.25) is 0 Å². The van der Waals surface area contributed by atoms with Crippen molar-refractivity contribution in [1.29, 1.82) is 0 Å². The zero-order valence-corrected chi connectivity index (χ0v) is 10.4. The first kappa shape index (κ1) is 12.0. The summed E-state index contributed by atoms with van der Waals surface area (Å²) >= 11 is 5.91. The fourth-order valence-electron chi connectivity index (χ4n) is 0.955. The minimum Gasteiger partial charge on any atom is -0.392 e. The van der Waals surface area contributed by atoms with Crippen LogP contribution in [-0.2, 0) is 0 Å². The van der Waals surface area contributed by atoms with Crippen molar-refractivity contribution in [1.82, 2.24) is 14.5 Å². The van der Waals surface area contributed by atoms with Crippen LogP contribution in [0.3, 0.4) is 0 Å². The second-order valence-corrected chi connectivity index (χ2v) is 4.41. The van der Waals surface area contributed by atoms with E-state index in [-0.39, 0.29) is 11.9 Å². The summed E-state index contributed by atoms with van der Waals surface area (Å²) in [5.41, 5.74) is 6.11. The Kier molecular flexibility index (Phi) is 3.70. The smallest absolute Gasteiger partial charge is 0.267 e. The second-order valence-electron chi connectivity index (χ2n) is 3.18. The van der Waals surface area contributed by atoms with Gasteiger partial charge in [0.25, 0.3) is 5.91 Å². The number of carbonyl (C=O) groups is 1. The Bertz CT molecular complexity index is 390. The maximum atomic E-state index is 11.9. The van der Waals surface area contributed by atoms with Crippen molar-refractivity contribution in [2.24, 2.45) is 5.73 Å². The van der Waals surface area contributed by atoms with Crippen LogP contribution in [0.25, 0.3) is 0 Å². The molecule has 5 nitrogen and oxygen atoms in total. The molecule has 0 radical (unpaired) electrons. The highest BCUT2D eigenvalue weighted by molar-refractivity contribution is 7.80.